The molecule has 0 aliphatic carbocycles. The van der Waals surface area contributed by atoms with Crippen molar-refractivity contribution in [3.8, 4) is 0 Å². The molecule has 0 radical (unpaired) electrons. The number of fused-ring (bicyclic) bond motifs is 1. The number of hydrogen-bond acceptors (Lipinski definition) is 6. The highest BCUT2D eigenvalue weighted by Crippen LogP contribution is 2.22. The molecule has 1 aromatic carbocycles. The van der Waals surface area contributed by atoms with Gasteiger partial charge in [-0.05, 0) is 32.4 Å². The Hall–Kier alpha value is -2.74. The lowest BCUT2D eigenvalue weighted by molar-refractivity contribution is -0.153. The highest BCUT2D eigenvalue weighted by Gasteiger charge is 2.20. The van der Waals surface area contributed by atoms with Crippen molar-refractivity contribution in [2.24, 2.45) is 0 Å². The fraction of sp³-hybridized carbons (Fsp3) is 0.400. The van der Waals surface area contributed by atoms with Crippen LogP contribution in [0.25, 0.3) is 10.2 Å². The minimum absolute atomic E-state index is 0.164. The van der Waals surface area contributed by atoms with Crippen LogP contribution >= 0.6 is 11.3 Å². The maximum Gasteiger partial charge on any atom is 0.306 e. The van der Waals surface area contributed by atoms with Gasteiger partial charge in [-0.15, -0.1) is 11.3 Å². The number of aryl methyl sites for hydroxylation is 1. The molecule has 8 heteroatoms. The lowest BCUT2D eigenvalue weighted by Gasteiger charge is -2.16. The van der Waals surface area contributed by atoms with Gasteiger partial charge in [0.2, 0.25) is 0 Å². The first-order chi connectivity index (χ1) is 13.5. The van der Waals surface area contributed by atoms with E-state index in [1.54, 1.807) is 35.2 Å². The molecular formula is C20H24N4O3S. The molecule has 2 atom stereocenters. The summed E-state index contributed by atoms with van der Waals surface area (Å²) in [7, 11) is 0. The second-order valence-corrected chi connectivity index (χ2v) is 7.73. The molecule has 1 N–H and O–H groups in total. The molecule has 0 fully saturated rings. The summed E-state index contributed by atoms with van der Waals surface area (Å²) in [5, 5.41) is 7.89. The Balaban J connectivity index is 1.50. The van der Waals surface area contributed by atoms with Crippen molar-refractivity contribution in [1.29, 1.82) is 0 Å². The van der Waals surface area contributed by atoms with Gasteiger partial charge in [0.05, 0.1) is 33.9 Å². The summed E-state index contributed by atoms with van der Waals surface area (Å²) in [5.74, 6) is -0.201. The lowest BCUT2D eigenvalue weighted by Crippen LogP contribution is -2.31. The maximum atomic E-state index is 12.4. The Labute approximate surface area is 167 Å². The van der Waals surface area contributed by atoms with E-state index in [2.05, 4.69) is 15.4 Å². The van der Waals surface area contributed by atoms with E-state index in [0.29, 0.717) is 12.2 Å². The van der Waals surface area contributed by atoms with Gasteiger partial charge in [0.25, 0.3) is 5.91 Å². The number of rotatable bonds is 8. The van der Waals surface area contributed by atoms with Gasteiger partial charge in [-0.25, -0.2) is 9.67 Å². The summed E-state index contributed by atoms with van der Waals surface area (Å²) in [6.45, 7) is 5.64. The van der Waals surface area contributed by atoms with Gasteiger partial charge >= 0.3 is 5.97 Å². The van der Waals surface area contributed by atoms with Gasteiger partial charge in [0.1, 0.15) is 5.82 Å². The highest BCUT2D eigenvalue weighted by atomic mass is 32.1. The first-order valence-electron chi connectivity index (χ1n) is 9.36. The van der Waals surface area contributed by atoms with Crippen molar-refractivity contribution in [3.63, 3.8) is 0 Å². The average Bonchev–Trinajstić information content (AvgIpc) is 3.32. The number of ether oxygens (including phenoxy) is 1. The summed E-state index contributed by atoms with van der Waals surface area (Å²) in [6.07, 6.45) is 2.32. The number of esters is 1. The van der Waals surface area contributed by atoms with Crippen LogP contribution in [0.4, 0.5) is 5.82 Å². The zero-order chi connectivity index (χ0) is 20.1. The van der Waals surface area contributed by atoms with Gasteiger partial charge in [-0.1, -0.05) is 19.1 Å². The van der Waals surface area contributed by atoms with Crippen LogP contribution in [0.2, 0.25) is 0 Å². The Morgan fingerprint density at radius 3 is 2.79 bits per heavy atom. The second-order valence-electron chi connectivity index (χ2n) is 6.61. The molecule has 2 aromatic heterocycles. The summed E-state index contributed by atoms with van der Waals surface area (Å²) in [5.41, 5.74) is 0.932. The molecule has 3 rings (SSSR count). The van der Waals surface area contributed by atoms with Gasteiger partial charge < -0.3 is 10.1 Å². The van der Waals surface area contributed by atoms with Gasteiger partial charge in [-0.2, -0.15) is 5.10 Å². The Morgan fingerprint density at radius 1 is 1.25 bits per heavy atom. The fourth-order valence-corrected chi connectivity index (χ4v) is 3.68. The van der Waals surface area contributed by atoms with Crippen LogP contribution in [-0.2, 0) is 20.7 Å². The maximum absolute atomic E-state index is 12.4. The number of nitrogens with one attached hydrogen (secondary N) is 1. The van der Waals surface area contributed by atoms with E-state index in [-0.39, 0.29) is 18.4 Å². The van der Waals surface area contributed by atoms with Crippen molar-refractivity contribution in [3.05, 3.63) is 41.5 Å². The van der Waals surface area contributed by atoms with Crippen LogP contribution in [0.1, 0.15) is 44.7 Å². The van der Waals surface area contributed by atoms with Crippen LogP contribution in [0.5, 0.6) is 0 Å². The highest BCUT2D eigenvalue weighted by molar-refractivity contribution is 7.18. The summed E-state index contributed by atoms with van der Waals surface area (Å²) in [6, 6.07) is 9.75. The molecule has 0 spiro atoms. The number of para-hydroxylation sites is 1. The van der Waals surface area contributed by atoms with Crippen LogP contribution in [0, 0.1) is 0 Å². The summed E-state index contributed by atoms with van der Waals surface area (Å²) < 4.78 is 8.12. The Morgan fingerprint density at radius 2 is 2.04 bits per heavy atom. The van der Waals surface area contributed by atoms with Crippen molar-refractivity contribution in [2.45, 2.75) is 52.2 Å². The number of aromatic nitrogens is 3. The predicted molar refractivity (Wildman–Crippen MR) is 109 cm³/mol. The monoisotopic (exact) mass is 400 g/mol. The van der Waals surface area contributed by atoms with Crippen molar-refractivity contribution >= 4 is 39.2 Å². The normalized spacial score (nSPS) is 13.2. The molecule has 0 aliphatic heterocycles. The number of benzene rings is 1. The van der Waals surface area contributed by atoms with Crippen LogP contribution < -0.4 is 5.32 Å². The van der Waals surface area contributed by atoms with Crippen LogP contribution in [-0.4, -0.2) is 32.7 Å². The zero-order valence-corrected chi connectivity index (χ0v) is 17.0. The number of nitrogens with zero attached hydrogens (tertiary/aromatic N) is 3. The second kappa shape index (κ2) is 8.97. The molecule has 148 valence electrons. The number of anilines is 1. The molecule has 0 aliphatic rings. The van der Waals surface area contributed by atoms with Gasteiger partial charge in [0.15, 0.2) is 6.10 Å². The third kappa shape index (κ3) is 4.75. The largest absolute Gasteiger partial charge is 0.453 e. The van der Waals surface area contributed by atoms with Crippen LogP contribution in [0.15, 0.2) is 36.5 Å². The zero-order valence-electron chi connectivity index (χ0n) is 16.2. The first kappa shape index (κ1) is 20.0. The minimum Gasteiger partial charge on any atom is -0.453 e. The minimum atomic E-state index is -0.886. The number of thiazole rings is 1. The standard InChI is InChI=1S/C20H24N4O3S/c1-4-13(2)24-17(11-12-21-24)23-20(26)14(3)27-19(25)10-9-18-22-15-7-5-6-8-16(15)28-18/h5-8,11-14H,4,9-10H2,1-3H3,(H,23,26)/t13-,14+/m0/s1. The third-order valence-corrected chi connectivity index (χ3v) is 5.58. The number of carbonyl (C=O) groups is 2. The molecule has 1 amide bonds. The van der Waals surface area contributed by atoms with Crippen molar-refractivity contribution in [2.75, 3.05) is 5.32 Å². The fourth-order valence-electron chi connectivity index (χ4n) is 2.71. The molecular weight excluding hydrogens is 376 g/mol. The van der Waals surface area contributed by atoms with E-state index in [9.17, 15) is 9.59 Å². The Kier molecular flexibility index (Phi) is 6.41. The van der Waals surface area contributed by atoms with Gasteiger partial charge in [0, 0.05) is 12.5 Å². The average molecular weight is 401 g/mol. The molecule has 28 heavy (non-hydrogen) atoms. The smallest absolute Gasteiger partial charge is 0.306 e. The van der Waals surface area contributed by atoms with E-state index < -0.39 is 12.1 Å². The predicted octanol–water partition coefficient (Wildman–Crippen LogP) is 3.97. The topological polar surface area (TPSA) is 86.1 Å². The van der Waals surface area contributed by atoms with E-state index >= 15 is 0 Å². The summed E-state index contributed by atoms with van der Waals surface area (Å²) >= 11 is 1.57. The molecule has 2 heterocycles. The van der Waals surface area contributed by atoms with Crippen molar-refractivity contribution < 1.29 is 14.3 Å². The van der Waals surface area contributed by atoms with E-state index in [0.717, 1.165) is 21.6 Å². The lowest BCUT2D eigenvalue weighted by atomic mass is 10.3. The molecule has 3 aromatic rings. The molecule has 0 saturated heterocycles. The SMILES string of the molecule is CC[C@H](C)n1nccc1NC(=O)[C@@H](C)OC(=O)CCc1nc2ccccc2s1. The van der Waals surface area contributed by atoms with E-state index in [4.69, 9.17) is 4.74 Å². The van der Waals surface area contributed by atoms with E-state index in [1.807, 2.05) is 38.1 Å². The number of carbonyl (C=O) groups excluding carboxylic acids is 2. The van der Waals surface area contributed by atoms with Crippen LogP contribution in [0.3, 0.4) is 0 Å². The molecule has 0 bridgehead atoms. The summed E-state index contributed by atoms with van der Waals surface area (Å²) in [4.78, 5) is 29.0. The van der Waals surface area contributed by atoms with E-state index in [1.165, 1.54) is 0 Å². The quantitative estimate of drug-likeness (QED) is 0.578. The first-order valence-corrected chi connectivity index (χ1v) is 10.2. The molecule has 0 unspecified atom stereocenters. The third-order valence-electron chi connectivity index (χ3n) is 4.49. The molecule has 7 nitrogen and oxygen atoms in total. The molecule has 0 saturated carbocycles. The number of amides is 1. The van der Waals surface area contributed by atoms with Crippen molar-refractivity contribution in [1.82, 2.24) is 14.8 Å². The number of hydrogen-bond donors (Lipinski definition) is 1. The Bertz CT molecular complexity index is 932. The van der Waals surface area contributed by atoms with Gasteiger partial charge in [-0.3, -0.25) is 9.59 Å².